The number of thiazole rings is 1. The lowest BCUT2D eigenvalue weighted by atomic mass is 9.96. The monoisotopic (exact) mass is 573 g/mol. The van der Waals surface area contributed by atoms with Crippen LogP contribution in [0.25, 0.3) is 32.7 Å². The standard InChI is InChI=1S/C24H18F3N7O3S2/c25-24(26,27)39(36,37)20-9-18(33-34-20)22-31-19(11-38-22)21(35)30-17-8-16-13(10-29-32-16)7-15(17)12-2-1-3-14(6-12)23(28)4-5-23/h1-3,6-11H,4-5,28H2,(H,29,32)(H,30,35)(H,33,34). The predicted molar refractivity (Wildman–Crippen MR) is 138 cm³/mol. The molecule has 0 saturated heterocycles. The number of rotatable bonds is 6. The van der Waals surface area contributed by atoms with Crippen LogP contribution in [-0.4, -0.2) is 45.2 Å². The van der Waals surface area contributed by atoms with E-state index < -0.39 is 26.3 Å². The molecule has 1 aliphatic carbocycles. The number of nitrogens with zero attached hydrogens (tertiary/aromatic N) is 3. The summed E-state index contributed by atoms with van der Waals surface area (Å²) in [7, 11) is -5.60. The minimum Gasteiger partial charge on any atom is -0.321 e. The van der Waals surface area contributed by atoms with Gasteiger partial charge in [0.25, 0.3) is 15.7 Å². The van der Waals surface area contributed by atoms with Crippen LogP contribution in [0.2, 0.25) is 0 Å². The number of nitrogens with one attached hydrogen (secondary N) is 3. The van der Waals surface area contributed by atoms with E-state index in [9.17, 15) is 26.4 Å². The number of hydrogen-bond acceptors (Lipinski definition) is 8. The zero-order chi connectivity index (χ0) is 27.6. The van der Waals surface area contributed by atoms with Crippen LogP contribution in [0.3, 0.4) is 0 Å². The summed E-state index contributed by atoms with van der Waals surface area (Å²) in [6.45, 7) is 0. The Balaban J connectivity index is 1.30. The number of H-pyrrole nitrogens is 2. The summed E-state index contributed by atoms with van der Waals surface area (Å²) in [5, 5.41) is 16.5. The van der Waals surface area contributed by atoms with E-state index in [1.54, 1.807) is 12.3 Å². The number of carbonyl (C=O) groups is 1. The lowest BCUT2D eigenvalue weighted by Crippen LogP contribution is -2.23. The van der Waals surface area contributed by atoms with Crippen LogP contribution in [0.5, 0.6) is 0 Å². The van der Waals surface area contributed by atoms with E-state index >= 15 is 0 Å². The first-order valence-corrected chi connectivity index (χ1v) is 13.8. The van der Waals surface area contributed by atoms with Gasteiger partial charge in [0.05, 0.1) is 17.4 Å². The molecule has 3 heterocycles. The highest BCUT2D eigenvalue weighted by Gasteiger charge is 2.48. The number of anilines is 1. The van der Waals surface area contributed by atoms with Gasteiger partial charge in [-0.25, -0.2) is 13.4 Å². The summed E-state index contributed by atoms with van der Waals surface area (Å²) in [5.74, 6) is -0.579. The van der Waals surface area contributed by atoms with E-state index in [2.05, 4.69) is 25.6 Å². The van der Waals surface area contributed by atoms with E-state index in [-0.39, 0.29) is 21.9 Å². The lowest BCUT2D eigenvalue weighted by molar-refractivity contribution is -0.0438. The van der Waals surface area contributed by atoms with E-state index in [0.717, 1.165) is 52.3 Å². The second-order valence-corrected chi connectivity index (χ2v) is 11.9. The Labute approximate surface area is 222 Å². The highest BCUT2D eigenvalue weighted by atomic mass is 32.2. The molecule has 200 valence electrons. The molecule has 15 heteroatoms. The molecule has 1 aliphatic rings. The van der Waals surface area contributed by atoms with Crippen LogP contribution < -0.4 is 11.1 Å². The van der Waals surface area contributed by atoms with Gasteiger partial charge in [0.1, 0.15) is 16.4 Å². The van der Waals surface area contributed by atoms with Crippen molar-refractivity contribution in [1.29, 1.82) is 0 Å². The van der Waals surface area contributed by atoms with Gasteiger partial charge in [-0.1, -0.05) is 18.2 Å². The first-order valence-electron chi connectivity index (χ1n) is 11.5. The van der Waals surface area contributed by atoms with Gasteiger partial charge in [-0.3, -0.25) is 15.0 Å². The fourth-order valence-corrected chi connectivity index (χ4v) is 5.55. The number of amides is 1. The van der Waals surface area contributed by atoms with Gasteiger partial charge in [0.2, 0.25) is 0 Å². The van der Waals surface area contributed by atoms with Gasteiger partial charge in [-0.2, -0.15) is 23.4 Å². The second-order valence-electron chi connectivity index (χ2n) is 9.15. The smallest absolute Gasteiger partial charge is 0.321 e. The normalized spacial score (nSPS) is 15.0. The summed E-state index contributed by atoms with van der Waals surface area (Å²) < 4.78 is 61.8. The molecule has 10 nitrogen and oxygen atoms in total. The topological polar surface area (TPSA) is 160 Å². The van der Waals surface area contributed by atoms with Crippen molar-refractivity contribution < 1.29 is 26.4 Å². The minimum absolute atomic E-state index is 0.0264. The third kappa shape index (κ3) is 4.47. The highest BCUT2D eigenvalue weighted by molar-refractivity contribution is 7.92. The van der Waals surface area contributed by atoms with E-state index in [4.69, 9.17) is 5.73 Å². The molecule has 0 atom stereocenters. The summed E-state index contributed by atoms with van der Waals surface area (Å²) in [5.41, 5.74) is 4.13. The maximum atomic E-state index is 13.2. The Morgan fingerprint density at radius 2 is 1.92 bits per heavy atom. The molecule has 0 bridgehead atoms. The Bertz CT molecular complexity index is 1850. The number of fused-ring (bicyclic) bond motifs is 1. The van der Waals surface area contributed by atoms with Gasteiger partial charge in [0.15, 0.2) is 5.03 Å². The molecular formula is C24H18F3N7O3S2. The second kappa shape index (κ2) is 8.72. The van der Waals surface area contributed by atoms with Crippen molar-refractivity contribution >= 4 is 43.7 Å². The molecule has 1 saturated carbocycles. The number of sulfone groups is 1. The molecule has 0 spiro atoms. The molecule has 0 unspecified atom stereocenters. The number of halogens is 3. The SMILES string of the molecule is NC1(c2cccc(-c3cc4cn[nH]c4cc3NC(=O)c3csc(-c4cc(S(=O)(=O)C(F)(F)F)[nH]n4)n3)c2)CC1. The fourth-order valence-electron chi connectivity index (χ4n) is 4.11. The number of benzene rings is 2. The van der Waals surface area contributed by atoms with Crippen molar-refractivity contribution in [3.8, 4) is 21.8 Å². The van der Waals surface area contributed by atoms with Crippen LogP contribution >= 0.6 is 11.3 Å². The number of aromatic nitrogens is 5. The number of carbonyl (C=O) groups excluding carboxylic acids is 1. The fraction of sp³-hybridized carbons (Fsp3) is 0.167. The van der Waals surface area contributed by atoms with Crippen molar-refractivity contribution in [2.45, 2.75) is 28.9 Å². The average molecular weight is 574 g/mol. The molecule has 3 aromatic heterocycles. The van der Waals surface area contributed by atoms with Crippen molar-refractivity contribution in [2.75, 3.05) is 5.32 Å². The number of nitrogens with two attached hydrogens (primary N) is 1. The van der Waals surface area contributed by atoms with E-state index in [1.165, 1.54) is 5.38 Å². The number of alkyl halides is 3. The average Bonchev–Trinajstić information content (AvgIpc) is 3.34. The first kappa shape index (κ1) is 25.2. The maximum Gasteiger partial charge on any atom is 0.503 e. The third-order valence-corrected chi connectivity index (χ3v) is 8.73. The summed E-state index contributed by atoms with van der Waals surface area (Å²) in [6, 6.07) is 12.2. The number of hydrogen-bond donors (Lipinski definition) is 4. The van der Waals surface area contributed by atoms with Gasteiger partial charge in [-0.05, 0) is 42.2 Å². The zero-order valence-corrected chi connectivity index (χ0v) is 21.3. The van der Waals surface area contributed by atoms with Gasteiger partial charge in [0, 0.05) is 27.9 Å². The Morgan fingerprint density at radius 3 is 2.67 bits per heavy atom. The zero-order valence-electron chi connectivity index (χ0n) is 19.7. The Morgan fingerprint density at radius 1 is 1.13 bits per heavy atom. The van der Waals surface area contributed by atoms with Crippen LogP contribution in [0.4, 0.5) is 18.9 Å². The van der Waals surface area contributed by atoms with Crippen molar-refractivity contribution in [3.63, 3.8) is 0 Å². The molecular weight excluding hydrogens is 555 g/mol. The third-order valence-electron chi connectivity index (χ3n) is 6.47. The highest BCUT2D eigenvalue weighted by Crippen LogP contribution is 2.44. The van der Waals surface area contributed by atoms with E-state index in [1.807, 2.05) is 35.4 Å². The first-order chi connectivity index (χ1) is 18.4. The largest absolute Gasteiger partial charge is 0.503 e. The van der Waals surface area contributed by atoms with Gasteiger partial charge < -0.3 is 11.1 Å². The molecule has 0 aliphatic heterocycles. The lowest BCUT2D eigenvalue weighted by Gasteiger charge is -2.14. The van der Waals surface area contributed by atoms with Crippen molar-refractivity contribution in [2.24, 2.45) is 5.73 Å². The Hall–Kier alpha value is -4.08. The molecule has 2 aromatic carbocycles. The molecule has 1 amide bonds. The maximum absolute atomic E-state index is 13.2. The summed E-state index contributed by atoms with van der Waals surface area (Å²) in [4.78, 5) is 17.3. The van der Waals surface area contributed by atoms with Crippen LogP contribution in [0, 0.1) is 0 Å². The molecule has 1 fully saturated rings. The van der Waals surface area contributed by atoms with Gasteiger partial charge in [-0.15, -0.1) is 11.3 Å². The van der Waals surface area contributed by atoms with Gasteiger partial charge >= 0.3 is 5.51 Å². The summed E-state index contributed by atoms with van der Waals surface area (Å²) >= 11 is 0.929. The summed E-state index contributed by atoms with van der Waals surface area (Å²) in [6.07, 6.45) is 3.46. The Kier molecular flexibility index (Phi) is 5.64. The van der Waals surface area contributed by atoms with Crippen molar-refractivity contribution in [3.05, 3.63) is 65.3 Å². The predicted octanol–water partition coefficient (Wildman–Crippen LogP) is 4.57. The minimum atomic E-state index is -5.60. The van der Waals surface area contributed by atoms with E-state index in [0.29, 0.717) is 11.2 Å². The molecule has 0 radical (unpaired) electrons. The quantitative estimate of drug-likeness (QED) is 0.232. The van der Waals surface area contributed by atoms with Crippen LogP contribution in [0.1, 0.15) is 28.9 Å². The van der Waals surface area contributed by atoms with Crippen LogP contribution in [0.15, 0.2) is 59.1 Å². The molecule has 39 heavy (non-hydrogen) atoms. The van der Waals surface area contributed by atoms with Crippen LogP contribution in [-0.2, 0) is 15.4 Å². The molecule has 6 rings (SSSR count). The number of aromatic amines is 2. The molecule has 5 aromatic rings. The van der Waals surface area contributed by atoms with Crippen molar-refractivity contribution in [1.82, 2.24) is 25.4 Å². The molecule has 5 N–H and O–H groups in total.